The molecule has 3 rings (SSSR count). The Labute approximate surface area is 248 Å². The fourth-order valence-electron chi connectivity index (χ4n) is 4.50. The van der Waals surface area contributed by atoms with Crippen molar-refractivity contribution in [2.75, 3.05) is 32.8 Å². The number of carbonyl (C=O) groups is 4. The van der Waals surface area contributed by atoms with E-state index in [1.165, 1.54) is 0 Å². The number of piperazine rings is 1. The first-order valence-electron chi connectivity index (χ1n) is 14.7. The summed E-state index contributed by atoms with van der Waals surface area (Å²) in [6.45, 7) is 10.6. The van der Waals surface area contributed by atoms with Crippen molar-refractivity contribution in [3.8, 4) is 11.4 Å². The summed E-state index contributed by atoms with van der Waals surface area (Å²) in [5.74, 6) is -0.892. The minimum atomic E-state index is -0.992. The van der Waals surface area contributed by atoms with Gasteiger partial charge in [-0.1, -0.05) is 43.7 Å². The molecule has 1 aliphatic rings. The van der Waals surface area contributed by atoms with Crippen molar-refractivity contribution in [2.45, 2.75) is 78.4 Å². The maximum Gasteiger partial charge on any atom is 0.409 e. The fourth-order valence-corrected chi connectivity index (χ4v) is 4.50. The Morgan fingerprint density at radius 2 is 1.64 bits per heavy atom. The molecule has 11 nitrogen and oxygen atoms in total. The van der Waals surface area contributed by atoms with Crippen LogP contribution < -0.4 is 5.32 Å². The predicted octanol–water partition coefficient (Wildman–Crippen LogP) is 4.01. The van der Waals surface area contributed by atoms with Gasteiger partial charge in [-0.25, -0.2) is 14.8 Å². The molecule has 0 spiro atoms. The SMILES string of the molecule is CCCCc1cc(C(=O)NC(CCC(=O)OC(C)(C)C)C(=O)N2CCN(C(=O)OCC)CC2)nc(-c2ccccc2)n1. The van der Waals surface area contributed by atoms with Gasteiger partial charge in [-0.3, -0.25) is 14.4 Å². The Hall–Kier alpha value is -4.02. The monoisotopic (exact) mass is 581 g/mol. The normalized spacial score (nSPS) is 14.2. The summed E-state index contributed by atoms with van der Waals surface area (Å²) in [6.07, 6.45) is 2.13. The molecule has 0 saturated carbocycles. The van der Waals surface area contributed by atoms with Crippen LogP contribution in [0.25, 0.3) is 11.4 Å². The van der Waals surface area contributed by atoms with Gasteiger partial charge in [0.2, 0.25) is 5.91 Å². The molecule has 1 N–H and O–H groups in total. The van der Waals surface area contributed by atoms with Crippen LogP contribution in [0.3, 0.4) is 0 Å². The average molecular weight is 582 g/mol. The number of nitrogens with one attached hydrogen (secondary N) is 1. The number of nitrogens with zero attached hydrogens (tertiary/aromatic N) is 4. The minimum absolute atomic E-state index is 0.0525. The number of esters is 1. The van der Waals surface area contributed by atoms with E-state index in [1.54, 1.807) is 43.6 Å². The number of aryl methyl sites for hydroxylation is 1. The second-order valence-corrected chi connectivity index (χ2v) is 11.2. The van der Waals surface area contributed by atoms with Gasteiger partial charge in [-0.15, -0.1) is 0 Å². The zero-order valence-electron chi connectivity index (χ0n) is 25.4. The zero-order chi connectivity index (χ0) is 30.7. The highest BCUT2D eigenvalue weighted by atomic mass is 16.6. The van der Waals surface area contributed by atoms with Crippen LogP contribution >= 0.6 is 0 Å². The summed E-state index contributed by atoms with van der Waals surface area (Å²) in [5.41, 5.74) is 0.995. The molecule has 42 heavy (non-hydrogen) atoms. The van der Waals surface area contributed by atoms with Crippen LogP contribution in [0, 0.1) is 0 Å². The molecule has 0 aliphatic carbocycles. The number of amides is 3. The molecule has 0 radical (unpaired) electrons. The van der Waals surface area contributed by atoms with Crippen LogP contribution in [0.5, 0.6) is 0 Å². The molecule has 11 heteroatoms. The van der Waals surface area contributed by atoms with E-state index in [9.17, 15) is 19.2 Å². The lowest BCUT2D eigenvalue weighted by Gasteiger charge is -2.36. The molecular formula is C31H43N5O6. The third-order valence-corrected chi connectivity index (χ3v) is 6.61. The van der Waals surface area contributed by atoms with Crippen LogP contribution in [0.2, 0.25) is 0 Å². The van der Waals surface area contributed by atoms with Crippen LogP contribution in [-0.4, -0.2) is 88.1 Å². The summed E-state index contributed by atoms with van der Waals surface area (Å²) < 4.78 is 10.5. The molecule has 228 valence electrons. The van der Waals surface area contributed by atoms with Crippen LogP contribution in [0.15, 0.2) is 36.4 Å². The standard InChI is InChI=1S/C31H43N5O6/c1-6-8-14-23-21-25(33-27(32-23)22-12-10-9-11-13-22)28(38)34-24(15-16-26(37)42-31(3,4)5)29(39)35-17-19-36(20-18-35)30(40)41-7-2/h9-13,21,24H,6-8,14-20H2,1-5H3,(H,34,38). The Morgan fingerprint density at radius 3 is 2.26 bits per heavy atom. The van der Waals surface area contributed by atoms with Crippen LogP contribution in [-0.2, 0) is 25.5 Å². The van der Waals surface area contributed by atoms with E-state index in [0.717, 1.165) is 24.1 Å². The van der Waals surface area contributed by atoms with Crippen LogP contribution in [0.1, 0.15) is 76.5 Å². The van der Waals surface area contributed by atoms with E-state index >= 15 is 0 Å². The molecule has 2 aromatic rings. The van der Waals surface area contributed by atoms with Crippen LogP contribution in [0.4, 0.5) is 4.79 Å². The van der Waals surface area contributed by atoms with Crippen molar-refractivity contribution in [3.05, 3.63) is 47.8 Å². The summed E-state index contributed by atoms with van der Waals surface area (Å²) in [6, 6.07) is 10.1. The van der Waals surface area contributed by atoms with E-state index in [4.69, 9.17) is 9.47 Å². The molecular weight excluding hydrogens is 538 g/mol. The molecule has 3 amide bonds. The first kappa shape index (κ1) is 32.5. The first-order chi connectivity index (χ1) is 20.0. The zero-order valence-corrected chi connectivity index (χ0v) is 25.4. The molecule has 1 aromatic heterocycles. The molecule has 1 saturated heterocycles. The first-order valence-corrected chi connectivity index (χ1v) is 14.7. The number of hydrogen-bond acceptors (Lipinski definition) is 8. The van der Waals surface area contributed by atoms with Gasteiger partial charge in [0.25, 0.3) is 5.91 Å². The highest BCUT2D eigenvalue weighted by Gasteiger charge is 2.32. The molecule has 1 aromatic carbocycles. The Morgan fingerprint density at radius 1 is 0.976 bits per heavy atom. The predicted molar refractivity (Wildman–Crippen MR) is 158 cm³/mol. The topological polar surface area (TPSA) is 131 Å². The largest absolute Gasteiger partial charge is 0.460 e. The van der Waals surface area contributed by atoms with E-state index in [2.05, 4.69) is 22.2 Å². The lowest BCUT2D eigenvalue weighted by Crippen LogP contribution is -2.56. The number of ether oxygens (including phenoxy) is 2. The van der Waals surface area contributed by atoms with Crippen molar-refractivity contribution in [2.24, 2.45) is 0 Å². The van der Waals surface area contributed by atoms with Gasteiger partial charge in [0.15, 0.2) is 5.82 Å². The van der Waals surface area contributed by atoms with Gasteiger partial charge < -0.3 is 24.6 Å². The maximum atomic E-state index is 13.7. The lowest BCUT2D eigenvalue weighted by molar-refractivity contribution is -0.155. The van der Waals surface area contributed by atoms with Gasteiger partial charge in [-0.2, -0.15) is 0 Å². The Kier molecular flexibility index (Phi) is 11.8. The third-order valence-electron chi connectivity index (χ3n) is 6.61. The number of rotatable bonds is 11. The van der Waals surface area contributed by atoms with E-state index in [0.29, 0.717) is 25.3 Å². The number of unbranched alkanes of at least 4 members (excludes halogenated alkanes) is 1. The minimum Gasteiger partial charge on any atom is -0.460 e. The Bertz CT molecular complexity index is 1220. The molecule has 1 atom stereocenters. The number of carbonyl (C=O) groups excluding carboxylic acids is 4. The van der Waals surface area contributed by atoms with Gasteiger partial charge in [0.05, 0.1) is 6.61 Å². The maximum absolute atomic E-state index is 13.7. The van der Waals surface area contributed by atoms with Gasteiger partial charge in [-0.05, 0) is 53.0 Å². The third kappa shape index (κ3) is 9.81. The second-order valence-electron chi connectivity index (χ2n) is 11.2. The number of hydrogen-bond donors (Lipinski definition) is 1. The quantitative estimate of drug-likeness (QED) is 0.394. The smallest absolute Gasteiger partial charge is 0.409 e. The van der Waals surface area contributed by atoms with Gasteiger partial charge in [0.1, 0.15) is 17.3 Å². The molecule has 1 unspecified atom stereocenters. The second kappa shape index (κ2) is 15.3. The highest BCUT2D eigenvalue weighted by molar-refractivity contribution is 5.96. The highest BCUT2D eigenvalue weighted by Crippen LogP contribution is 2.18. The van der Waals surface area contributed by atoms with Gasteiger partial charge in [0, 0.05) is 43.9 Å². The summed E-state index contributed by atoms with van der Waals surface area (Å²) in [4.78, 5) is 64.2. The van der Waals surface area contributed by atoms with Crippen molar-refractivity contribution in [1.29, 1.82) is 0 Å². The van der Waals surface area contributed by atoms with Crippen molar-refractivity contribution >= 4 is 23.9 Å². The summed E-state index contributed by atoms with van der Waals surface area (Å²) >= 11 is 0. The summed E-state index contributed by atoms with van der Waals surface area (Å²) in [7, 11) is 0. The summed E-state index contributed by atoms with van der Waals surface area (Å²) in [5, 5.41) is 2.83. The fraction of sp³-hybridized carbons (Fsp3) is 0.548. The number of aromatic nitrogens is 2. The van der Waals surface area contributed by atoms with Crippen molar-refractivity contribution in [1.82, 2.24) is 25.1 Å². The average Bonchev–Trinajstić information content (AvgIpc) is 2.97. The van der Waals surface area contributed by atoms with Crippen molar-refractivity contribution in [3.63, 3.8) is 0 Å². The lowest BCUT2D eigenvalue weighted by atomic mass is 10.1. The van der Waals surface area contributed by atoms with Crippen molar-refractivity contribution < 1.29 is 28.7 Å². The Balaban J connectivity index is 1.81. The van der Waals surface area contributed by atoms with E-state index in [1.807, 2.05) is 30.3 Å². The molecule has 1 fully saturated rings. The molecule has 2 heterocycles. The molecule has 1 aliphatic heterocycles. The van der Waals surface area contributed by atoms with E-state index < -0.39 is 29.6 Å². The van der Waals surface area contributed by atoms with Gasteiger partial charge >= 0.3 is 12.1 Å². The molecule has 0 bridgehead atoms. The number of benzene rings is 1. The van der Waals surface area contributed by atoms with E-state index in [-0.39, 0.29) is 44.1 Å².